The van der Waals surface area contributed by atoms with Gasteiger partial charge in [-0.1, -0.05) is 41.5 Å². The van der Waals surface area contributed by atoms with Crippen molar-refractivity contribution in [1.82, 2.24) is 5.32 Å². The van der Waals surface area contributed by atoms with E-state index in [2.05, 4.69) is 46.9 Å². The predicted octanol–water partition coefficient (Wildman–Crippen LogP) is 2.97. The Morgan fingerprint density at radius 3 is 2.06 bits per heavy atom. The molecular weight excluding hydrogens is 248 g/mol. The number of amides is 1. The monoisotopic (exact) mass is 278 g/mol. The molecule has 0 aliphatic rings. The molecule has 18 heavy (non-hydrogen) atoms. The summed E-state index contributed by atoms with van der Waals surface area (Å²) < 4.78 is 0. The first-order valence-corrected chi connectivity index (χ1v) is 6.67. The van der Waals surface area contributed by atoms with Crippen LogP contribution in [0, 0.1) is 17.3 Å². The van der Waals surface area contributed by atoms with E-state index in [0.29, 0.717) is 18.4 Å². The number of carbonyl (C=O) groups is 1. The van der Waals surface area contributed by atoms with Gasteiger partial charge in [-0.15, -0.1) is 12.4 Å². The van der Waals surface area contributed by atoms with Crippen LogP contribution in [-0.4, -0.2) is 18.5 Å². The minimum absolute atomic E-state index is 0. The summed E-state index contributed by atoms with van der Waals surface area (Å²) in [7, 11) is 0. The first-order chi connectivity index (χ1) is 7.64. The smallest absolute Gasteiger partial charge is 0.236 e. The Bertz CT molecular complexity index is 240. The van der Waals surface area contributed by atoms with E-state index in [9.17, 15) is 4.79 Å². The van der Waals surface area contributed by atoms with Crippen LogP contribution in [0.25, 0.3) is 0 Å². The molecule has 0 aromatic carbocycles. The van der Waals surface area contributed by atoms with E-state index in [1.54, 1.807) is 0 Å². The zero-order valence-corrected chi connectivity index (χ0v) is 13.6. The molecule has 3 nitrogen and oxygen atoms in total. The van der Waals surface area contributed by atoms with Crippen LogP contribution in [0.4, 0.5) is 0 Å². The summed E-state index contributed by atoms with van der Waals surface area (Å²) in [5.41, 5.74) is 5.98. The Kier molecular flexibility index (Phi) is 9.75. The van der Waals surface area contributed by atoms with Crippen molar-refractivity contribution in [2.45, 2.75) is 60.4 Å². The van der Waals surface area contributed by atoms with Crippen LogP contribution in [0.2, 0.25) is 0 Å². The first-order valence-electron chi connectivity index (χ1n) is 6.67. The lowest BCUT2D eigenvalue weighted by molar-refractivity contribution is -0.123. The average molecular weight is 279 g/mol. The lowest BCUT2D eigenvalue weighted by Crippen LogP contribution is -2.44. The fraction of sp³-hybridized carbons (Fsp3) is 0.929. The number of rotatable bonds is 7. The van der Waals surface area contributed by atoms with Gasteiger partial charge in [-0.3, -0.25) is 4.79 Å². The molecular formula is C14H31ClN2O. The van der Waals surface area contributed by atoms with Crippen LogP contribution < -0.4 is 11.1 Å². The molecule has 4 heteroatoms. The second-order valence-electron chi connectivity index (χ2n) is 6.72. The predicted molar refractivity (Wildman–Crippen MR) is 80.9 cm³/mol. The SMILES string of the molecule is CC(C)C[C@H](N)C(=O)NCC(C)(C)CC(C)C.Cl. The third kappa shape index (κ3) is 9.72. The Labute approximate surface area is 119 Å². The highest BCUT2D eigenvalue weighted by atomic mass is 35.5. The molecule has 0 bridgehead atoms. The average Bonchev–Trinajstić information content (AvgIpc) is 2.11. The van der Waals surface area contributed by atoms with Gasteiger partial charge in [0.2, 0.25) is 5.91 Å². The van der Waals surface area contributed by atoms with Gasteiger partial charge in [0, 0.05) is 6.54 Å². The molecule has 0 aromatic heterocycles. The Morgan fingerprint density at radius 1 is 1.17 bits per heavy atom. The van der Waals surface area contributed by atoms with E-state index in [1.807, 2.05) is 0 Å². The van der Waals surface area contributed by atoms with Crippen LogP contribution in [-0.2, 0) is 4.79 Å². The van der Waals surface area contributed by atoms with E-state index < -0.39 is 0 Å². The van der Waals surface area contributed by atoms with Gasteiger partial charge in [-0.05, 0) is 30.1 Å². The second-order valence-corrected chi connectivity index (χ2v) is 6.72. The highest BCUT2D eigenvalue weighted by molar-refractivity contribution is 5.85. The Morgan fingerprint density at radius 2 is 1.67 bits per heavy atom. The van der Waals surface area contributed by atoms with Gasteiger partial charge in [0.1, 0.15) is 0 Å². The van der Waals surface area contributed by atoms with Gasteiger partial charge in [-0.25, -0.2) is 0 Å². The Hall–Kier alpha value is -0.280. The van der Waals surface area contributed by atoms with Crippen molar-refractivity contribution in [3.05, 3.63) is 0 Å². The minimum atomic E-state index is -0.371. The van der Waals surface area contributed by atoms with Gasteiger partial charge < -0.3 is 11.1 Å². The third-order valence-electron chi connectivity index (χ3n) is 2.76. The summed E-state index contributed by atoms with van der Waals surface area (Å²) in [5.74, 6) is 1.08. The maximum absolute atomic E-state index is 11.8. The summed E-state index contributed by atoms with van der Waals surface area (Å²) in [6.45, 7) is 13.6. The molecule has 0 aromatic rings. The second kappa shape index (κ2) is 8.76. The normalized spacial score (nSPS) is 13.4. The molecule has 0 fully saturated rings. The van der Waals surface area contributed by atoms with Gasteiger partial charge in [0.25, 0.3) is 0 Å². The fourth-order valence-electron chi connectivity index (χ4n) is 2.25. The minimum Gasteiger partial charge on any atom is -0.354 e. The van der Waals surface area contributed by atoms with E-state index >= 15 is 0 Å². The first kappa shape index (κ1) is 20.0. The zero-order valence-electron chi connectivity index (χ0n) is 12.7. The van der Waals surface area contributed by atoms with Crippen LogP contribution in [0.3, 0.4) is 0 Å². The molecule has 110 valence electrons. The van der Waals surface area contributed by atoms with Gasteiger partial charge in [-0.2, -0.15) is 0 Å². The fourth-order valence-corrected chi connectivity index (χ4v) is 2.25. The van der Waals surface area contributed by atoms with Crippen LogP contribution in [0.15, 0.2) is 0 Å². The Balaban J connectivity index is 0. The van der Waals surface area contributed by atoms with Crippen molar-refractivity contribution in [1.29, 1.82) is 0 Å². The number of nitrogens with two attached hydrogens (primary N) is 1. The third-order valence-corrected chi connectivity index (χ3v) is 2.76. The van der Waals surface area contributed by atoms with Crippen molar-refractivity contribution in [2.24, 2.45) is 23.0 Å². The van der Waals surface area contributed by atoms with Crippen molar-refractivity contribution < 1.29 is 4.79 Å². The van der Waals surface area contributed by atoms with Crippen molar-refractivity contribution in [2.75, 3.05) is 6.54 Å². The summed E-state index contributed by atoms with van der Waals surface area (Å²) in [5, 5.41) is 2.97. The lowest BCUT2D eigenvalue weighted by atomic mass is 9.84. The number of hydrogen-bond acceptors (Lipinski definition) is 2. The zero-order chi connectivity index (χ0) is 13.6. The standard InChI is InChI=1S/C14H30N2O.ClH/c1-10(2)7-12(15)13(17)16-9-14(5,6)8-11(3)4;/h10-12H,7-9,15H2,1-6H3,(H,16,17);1H/t12-;/m0./s1. The van der Waals surface area contributed by atoms with Crippen molar-refractivity contribution in [3.8, 4) is 0 Å². The van der Waals surface area contributed by atoms with E-state index in [0.717, 1.165) is 12.8 Å². The van der Waals surface area contributed by atoms with Gasteiger partial charge in [0.05, 0.1) is 6.04 Å². The van der Waals surface area contributed by atoms with E-state index in [4.69, 9.17) is 5.73 Å². The number of hydrogen-bond donors (Lipinski definition) is 2. The topological polar surface area (TPSA) is 55.1 Å². The molecule has 0 heterocycles. The molecule has 0 rings (SSSR count). The molecule has 0 saturated carbocycles. The molecule has 1 amide bonds. The van der Waals surface area contributed by atoms with Crippen LogP contribution >= 0.6 is 12.4 Å². The molecule has 1 atom stereocenters. The molecule has 0 spiro atoms. The summed E-state index contributed by atoms with van der Waals surface area (Å²) in [6.07, 6.45) is 1.85. The number of halogens is 1. The number of carbonyl (C=O) groups excluding carboxylic acids is 1. The van der Waals surface area contributed by atoms with E-state index in [-0.39, 0.29) is 29.8 Å². The highest BCUT2D eigenvalue weighted by Gasteiger charge is 2.22. The van der Waals surface area contributed by atoms with Crippen molar-refractivity contribution in [3.63, 3.8) is 0 Å². The maximum atomic E-state index is 11.8. The molecule has 3 N–H and O–H groups in total. The summed E-state index contributed by atoms with van der Waals surface area (Å²) in [6, 6.07) is -0.371. The molecule has 0 aliphatic carbocycles. The summed E-state index contributed by atoms with van der Waals surface area (Å²) >= 11 is 0. The molecule has 0 unspecified atom stereocenters. The van der Waals surface area contributed by atoms with E-state index in [1.165, 1.54) is 0 Å². The number of nitrogens with one attached hydrogen (secondary N) is 1. The summed E-state index contributed by atoms with van der Waals surface area (Å²) in [4.78, 5) is 11.8. The molecule has 0 saturated heterocycles. The van der Waals surface area contributed by atoms with Crippen LogP contribution in [0.5, 0.6) is 0 Å². The van der Waals surface area contributed by atoms with Gasteiger partial charge in [0.15, 0.2) is 0 Å². The highest BCUT2D eigenvalue weighted by Crippen LogP contribution is 2.24. The van der Waals surface area contributed by atoms with Crippen molar-refractivity contribution >= 4 is 18.3 Å². The molecule has 0 aliphatic heterocycles. The van der Waals surface area contributed by atoms with Gasteiger partial charge >= 0.3 is 0 Å². The van der Waals surface area contributed by atoms with Crippen LogP contribution in [0.1, 0.15) is 54.4 Å². The largest absolute Gasteiger partial charge is 0.354 e. The molecule has 0 radical (unpaired) electrons. The maximum Gasteiger partial charge on any atom is 0.236 e. The lowest BCUT2D eigenvalue weighted by Gasteiger charge is -2.27. The quantitative estimate of drug-likeness (QED) is 0.752.